The molecule has 0 fully saturated rings. The van der Waals surface area contributed by atoms with Gasteiger partial charge in [0.1, 0.15) is 0 Å². The molecule has 0 aromatic carbocycles. The maximum Gasteiger partial charge on any atom is 0 e. The molecule has 0 unspecified atom stereocenters. The Morgan fingerprint density at radius 1 is 0.500 bits per heavy atom. The smallest absolute Gasteiger partial charge is 0 e. The van der Waals surface area contributed by atoms with Gasteiger partial charge in [-0.05, 0) is 13.8 Å². The standard InChI is InChI=1S/2C9H10.Ce.K/c2*1-9-7-5-3-2-4-6-8-9;;/h2*2-8H,1H3;;/b2*3-2-,4-2?,5-3?,6-4-,7-5-,8-6?,9-7?,9-8-;;. The molecule has 0 nitrogen and oxygen atoms in total. The second kappa shape index (κ2) is 16.3. The molecule has 0 aliphatic heterocycles. The van der Waals surface area contributed by atoms with E-state index >= 15 is 0 Å². The largest absolute Gasteiger partial charge is 0.0623 e. The molecule has 2 aliphatic rings. The zero-order valence-electron chi connectivity index (χ0n) is 12.6. The Morgan fingerprint density at radius 3 is 1.20 bits per heavy atom. The van der Waals surface area contributed by atoms with E-state index in [0.717, 1.165) is 0 Å². The van der Waals surface area contributed by atoms with Gasteiger partial charge in [-0.2, -0.15) is 0 Å². The molecule has 20 heavy (non-hydrogen) atoms. The van der Waals surface area contributed by atoms with Gasteiger partial charge in [-0.3, -0.25) is 0 Å². The van der Waals surface area contributed by atoms with E-state index in [2.05, 4.69) is 38.2 Å². The van der Waals surface area contributed by atoms with Crippen LogP contribution in [0.25, 0.3) is 0 Å². The van der Waals surface area contributed by atoms with Gasteiger partial charge < -0.3 is 0 Å². The van der Waals surface area contributed by atoms with Gasteiger partial charge in [-0.1, -0.05) is 96.2 Å². The molecule has 0 spiro atoms. The van der Waals surface area contributed by atoms with Crippen molar-refractivity contribution in [2.75, 3.05) is 0 Å². The summed E-state index contributed by atoms with van der Waals surface area (Å²) < 4.78 is 0. The second-order valence-electron chi connectivity index (χ2n) is 4.08. The van der Waals surface area contributed by atoms with Gasteiger partial charge in [0, 0.05) is 93.1 Å². The van der Waals surface area contributed by atoms with Gasteiger partial charge in [0.15, 0.2) is 0 Å². The first-order valence-electron chi connectivity index (χ1n) is 6.15. The summed E-state index contributed by atoms with van der Waals surface area (Å²) in [5.41, 5.74) is 2.58. The third-order valence-corrected chi connectivity index (χ3v) is 2.33. The predicted molar refractivity (Wildman–Crippen MR) is 88.1 cm³/mol. The van der Waals surface area contributed by atoms with E-state index in [0.29, 0.717) is 0 Å². The molecule has 0 N–H and O–H groups in total. The fourth-order valence-electron chi connectivity index (χ4n) is 1.33. The second-order valence-corrected chi connectivity index (χ2v) is 4.08. The Balaban J connectivity index is 0. The van der Waals surface area contributed by atoms with Crippen molar-refractivity contribution in [3.63, 3.8) is 0 Å². The maximum absolute atomic E-state index is 2.08. The summed E-state index contributed by atoms with van der Waals surface area (Å²) in [6.45, 7) is 4.17. The molecule has 0 heterocycles. The quantitative estimate of drug-likeness (QED) is 0.496. The average Bonchev–Trinajstić information content (AvgIpc) is 2.30. The first-order chi connectivity index (χ1) is 8.79. The van der Waals surface area contributed by atoms with E-state index in [1.165, 1.54) is 11.1 Å². The molecule has 0 saturated heterocycles. The van der Waals surface area contributed by atoms with E-state index in [9.17, 15) is 0 Å². The molecule has 2 heteroatoms. The summed E-state index contributed by atoms with van der Waals surface area (Å²) in [5.74, 6) is 0. The number of rotatable bonds is 0. The molecule has 0 aromatic rings. The topological polar surface area (TPSA) is 0 Å². The predicted octanol–water partition coefficient (Wildman–Crippen LogP) is 4.85. The maximum atomic E-state index is 2.08. The SMILES string of the molecule is CC1=C/C=C\C=C/C=C\1.CC1=C/C=C\C=C/C=C\1.[Ce].[K]. The van der Waals surface area contributed by atoms with E-state index in [1.807, 2.05) is 60.8 Å². The van der Waals surface area contributed by atoms with Crippen molar-refractivity contribution in [2.24, 2.45) is 0 Å². The Labute approximate surface area is 199 Å². The summed E-state index contributed by atoms with van der Waals surface area (Å²) >= 11 is 0. The van der Waals surface area contributed by atoms with Crippen LogP contribution in [0, 0.1) is 41.7 Å². The Morgan fingerprint density at radius 2 is 0.800 bits per heavy atom. The number of allylic oxidation sites excluding steroid dienone is 16. The van der Waals surface area contributed by atoms with Gasteiger partial charge in [-0.15, -0.1) is 0 Å². The van der Waals surface area contributed by atoms with Crippen LogP contribution >= 0.6 is 0 Å². The molecule has 0 aromatic heterocycles. The van der Waals surface area contributed by atoms with Crippen LogP contribution in [0.5, 0.6) is 0 Å². The zero-order chi connectivity index (χ0) is 13.1. The van der Waals surface area contributed by atoms with Crippen LogP contribution in [0.3, 0.4) is 0 Å². The Bertz CT molecular complexity index is 438. The van der Waals surface area contributed by atoms with Crippen molar-refractivity contribution >= 4 is 51.4 Å². The summed E-state index contributed by atoms with van der Waals surface area (Å²) in [6.07, 6.45) is 28.6. The Kier molecular flexibility index (Phi) is 18.9. The van der Waals surface area contributed by atoms with E-state index in [-0.39, 0.29) is 93.1 Å². The van der Waals surface area contributed by atoms with Gasteiger partial charge in [0.05, 0.1) is 0 Å². The minimum Gasteiger partial charge on any atom is -0.0623 e. The van der Waals surface area contributed by atoms with Crippen molar-refractivity contribution in [3.8, 4) is 0 Å². The first kappa shape index (κ1) is 23.2. The van der Waals surface area contributed by atoms with Gasteiger partial charge in [-0.25, -0.2) is 0 Å². The molecule has 1 radical (unpaired) electrons. The summed E-state index contributed by atoms with van der Waals surface area (Å²) in [6, 6.07) is 0. The van der Waals surface area contributed by atoms with Crippen molar-refractivity contribution in [2.45, 2.75) is 13.8 Å². The van der Waals surface area contributed by atoms with Crippen LogP contribution in [0.1, 0.15) is 13.8 Å². The van der Waals surface area contributed by atoms with E-state index < -0.39 is 0 Å². The third kappa shape index (κ3) is 13.9. The molecule has 0 bridgehead atoms. The molecule has 2 aliphatic carbocycles. The summed E-state index contributed by atoms with van der Waals surface area (Å²) in [4.78, 5) is 0. The third-order valence-electron chi connectivity index (χ3n) is 2.33. The monoisotopic (exact) mass is 415 g/mol. The van der Waals surface area contributed by atoms with Gasteiger partial charge in [0.2, 0.25) is 0 Å². The average molecular weight is 416 g/mol. The minimum atomic E-state index is 0. The fourth-order valence-corrected chi connectivity index (χ4v) is 1.33. The van der Waals surface area contributed by atoms with Crippen LogP contribution < -0.4 is 0 Å². The van der Waals surface area contributed by atoms with Gasteiger partial charge >= 0.3 is 0 Å². The molecule has 97 valence electrons. The van der Waals surface area contributed by atoms with Crippen molar-refractivity contribution in [3.05, 3.63) is 96.2 Å². The van der Waals surface area contributed by atoms with Crippen molar-refractivity contribution in [1.82, 2.24) is 0 Å². The minimum absolute atomic E-state index is 0. The molecular weight excluding hydrogens is 395 g/mol. The van der Waals surface area contributed by atoms with Crippen molar-refractivity contribution < 1.29 is 41.7 Å². The van der Waals surface area contributed by atoms with Crippen LogP contribution in [0.2, 0.25) is 0 Å². The Hall–Kier alpha value is 0.933. The molecule has 0 amide bonds. The van der Waals surface area contributed by atoms with Crippen LogP contribution in [0.15, 0.2) is 96.2 Å². The molecule has 2 rings (SSSR count). The molecule has 0 saturated carbocycles. The molecule has 0 atom stereocenters. The number of hydrogen-bond donors (Lipinski definition) is 0. The van der Waals surface area contributed by atoms with Crippen molar-refractivity contribution in [1.29, 1.82) is 0 Å². The summed E-state index contributed by atoms with van der Waals surface area (Å²) in [5, 5.41) is 0. The zero-order valence-corrected chi connectivity index (χ0v) is 18.8. The first-order valence-corrected chi connectivity index (χ1v) is 6.15. The fraction of sp³-hybridized carbons (Fsp3) is 0.111. The normalized spacial score (nSPS) is 29.9. The number of hydrogen-bond acceptors (Lipinski definition) is 0. The van der Waals surface area contributed by atoms with Gasteiger partial charge in [0.25, 0.3) is 0 Å². The van der Waals surface area contributed by atoms with Crippen LogP contribution in [0.4, 0.5) is 0 Å². The van der Waals surface area contributed by atoms with E-state index in [1.54, 1.807) is 0 Å². The molecular formula is C18H20CeK. The van der Waals surface area contributed by atoms with Crippen LogP contribution in [-0.4, -0.2) is 51.4 Å². The summed E-state index contributed by atoms with van der Waals surface area (Å²) in [7, 11) is 0. The van der Waals surface area contributed by atoms with E-state index in [4.69, 9.17) is 0 Å². The van der Waals surface area contributed by atoms with Crippen LogP contribution in [-0.2, 0) is 0 Å².